The molecular formula is C16H20N4O2S. The molecule has 3 rings (SSSR count). The second-order valence-electron chi connectivity index (χ2n) is 5.15. The molecule has 1 unspecified atom stereocenters. The SMILES string of the molecule is CN=C(NCc1cnc(C)s1)NCC1COc2ccccc2O1. The van der Waals surface area contributed by atoms with E-state index in [0.29, 0.717) is 19.7 Å². The van der Waals surface area contributed by atoms with E-state index in [2.05, 4.69) is 20.6 Å². The van der Waals surface area contributed by atoms with Crippen LogP contribution >= 0.6 is 11.3 Å². The van der Waals surface area contributed by atoms with Gasteiger partial charge in [-0.1, -0.05) is 12.1 Å². The maximum absolute atomic E-state index is 5.91. The first-order valence-corrected chi connectivity index (χ1v) is 8.30. The number of aliphatic imine (C=N–C) groups is 1. The molecule has 122 valence electrons. The van der Waals surface area contributed by atoms with Gasteiger partial charge in [0.1, 0.15) is 12.7 Å². The molecule has 2 aromatic rings. The topological polar surface area (TPSA) is 67.8 Å². The Hall–Kier alpha value is -2.28. The van der Waals surface area contributed by atoms with E-state index in [1.54, 1.807) is 18.4 Å². The number of fused-ring (bicyclic) bond motifs is 1. The number of hydrogen-bond acceptors (Lipinski definition) is 5. The molecule has 0 aliphatic carbocycles. The average molecular weight is 332 g/mol. The minimum Gasteiger partial charge on any atom is -0.486 e. The Morgan fingerprint density at radius 2 is 2.17 bits per heavy atom. The van der Waals surface area contributed by atoms with Crippen LogP contribution in [0.3, 0.4) is 0 Å². The summed E-state index contributed by atoms with van der Waals surface area (Å²) in [5.41, 5.74) is 0. The van der Waals surface area contributed by atoms with Crippen molar-refractivity contribution in [3.05, 3.63) is 40.3 Å². The molecule has 1 aliphatic rings. The van der Waals surface area contributed by atoms with Gasteiger partial charge in [-0.3, -0.25) is 4.99 Å². The number of para-hydroxylation sites is 2. The maximum Gasteiger partial charge on any atom is 0.191 e. The second-order valence-corrected chi connectivity index (χ2v) is 6.47. The average Bonchev–Trinajstić information content (AvgIpc) is 3.00. The van der Waals surface area contributed by atoms with Crippen LogP contribution in [0.5, 0.6) is 11.5 Å². The molecule has 7 heteroatoms. The molecule has 0 radical (unpaired) electrons. The summed E-state index contributed by atoms with van der Waals surface area (Å²) < 4.78 is 11.6. The van der Waals surface area contributed by atoms with Crippen LogP contribution in [0, 0.1) is 6.92 Å². The second kappa shape index (κ2) is 7.32. The summed E-state index contributed by atoms with van der Waals surface area (Å²) >= 11 is 1.68. The van der Waals surface area contributed by atoms with Crippen molar-refractivity contribution in [1.29, 1.82) is 0 Å². The first-order chi connectivity index (χ1) is 11.2. The Kier molecular flexibility index (Phi) is 4.97. The number of rotatable bonds is 4. The molecule has 0 saturated heterocycles. The summed E-state index contributed by atoms with van der Waals surface area (Å²) in [7, 11) is 1.75. The van der Waals surface area contributed by atoms with E-state index in [-0.39, 0.29) is 6.10 Å². The van der Waals surface area contributed by atoms with Gasteiger partial charge in [-0.05, 0) is 19.1 Å². The molecule has 23 heavy (non-hydrogen) atoms. The molecule has 1 aromatic carbocycles. The van der Waals surface area contributed by atoms with Crippen molar-refractivity contribution in [2.24, 2.45) is 4.99 Å². The fourth-order valence-corrected chi connectivity index (χ4v) is 2.99. The van der Waals surface area contributed by atoms with Crippen molar-refractivity contribution in [3.63, 3.8) is 0 Å². The van der Waals surface area contributed by atoms with Gasteiger partial charge in [-0.25, -0.2) is 4.98 Å². The number of nitrogens with one attached hydrogen (secondary N) is 2. The summed E-state index contributed by atoms with van der Waals surface area (Å²) in [6, 6.07) is 7.71. The Labute approximate surface area is 139 Å². The highest BCUT2D eigenvalue weighted by Gasteiger charge is 2.20. The first-order valence-electron chi connectivity index (χ1n) is 7.49. The van der Waals surface area contributed by atoms with Crippen LogP contribution in [-0.2, 0) is 6.54 Å². The smallest absolute Gasteiger partial charge is 0.191 e. The summed E-state index contributed by atoms with van der Waals surface area (Å²) in [6.45, 7) is 3.85. The number of thiazole rings is 1. The molecule has 2 N–H and O–H groups in total. The fraction of sp³-hybridized carbons (Fsp3) is 0.375. The molecule has 1 aromatic heterocycles. The number of nitrogens with zero attached hydrogens (tertiary/aromatic N) is 2. The van der Waals surface area contributed by atoms with Crippen LogP contribution < -0.4 is 20.1 Å². The van der Waals surface area contributed by atoms with Gasteiger partial charge in [-0.15, -0.1) is 11.3 Å². The fourth-order valence-electron chi connectivity index (χ4n) is 2.25. The van der Waals surface area contributed by atoms with E-state index >= 15 is 0 Å². The summed E-state index contributed by atoms with van der Waals surface area (Å²) in [6.07, 6.45) is 1.84. The molecule has 1 aliphatic heterocycles. The summed E-state index contributed by atoms with van der Waals surface area (Å²) in [4.78, 5) is 9.64. The summed E-state index contributed by atoms with van der Waals surface area (Å²) in [5.74, 6) is 2.32. The minimum absolute atomic E-state index is 0.0471. The zero-order chi connectivity index (χ0) is 16.1. The van der Waals surface area contributed by atoms with Crippen molar-refractivity contribution < 1.29 is 9.47 Å². The number of hydrogen-bond donors (Lipinski definition) is 2. The molecule has 0 spiro atoms. The van der Waals surface area contributed by atoms with Crippen LogP contribution in [0.25, 0.3) is 0 Å². The number of ether oxygens (including phenoxy) is 2. The lowest BCUT2D eigenvalue weighted by Gasteiger charge is -2.27. The zero-order valence-electron chi connectivity index (χ0n) is 13.2. The predicted octanol–water partition coefficient (Wildman–Crippen LogP) is 1.96. The number of aromatic nitrogens is 1. The Balaban J connectivity index is 1.47. The minimum atomic E-state index is -0.0471. The third-order valence-corrected chi connectivity index (χ3v) is 4.30. The third kappa shape index (κ3) is 4.13. The Morgan fingerprint density at radius 1 is 1.35 bits per heavy atom. The standard InChI is InChI=1S/C16H20N4O2S/c1-11-18-8-13(23-11)9-20-16(17-2)19-7-12-10-21-14-5-3-4-6-15(14)22-12/h3-6,8,12H,7,9-10H2,1-2H3,(H2,17,19,20). The molecule has 0 saturated carbocycles. The van der Waals surface area contributed by atoms with Crippen LogP contribution in [0.15, 0.2) is 35.5 Å². The van der Waals surface area contributed by atoms with Gasteiger partial charge in [0.05, 0.1) is 18.1 Å². The Bertz CT molecular complexity index is 686. The van der Waals surface area contributed by atoms with E-state index in [9.17, 15) is 0 Å². The number of guanidine groups is 1. The van der Waals surface area contributed by atoms with Gasteiger partial charge in [0.25, 0.3) is 0 Å². The van der Waals surface area contributed by atoms with Crippen molar-refractivity contribution >= 4 is 17.3 Å². The van der Waals surface area contributed by atoms with E-state index < -0.39 is 0 Å². The molecule has 0 amide bonds. The van der Waals surface area contributed by atoms with Gasteiger partial charge >= 0.3 is 0 Å². The van der Waals surface area contributed by atoms with Crippen LogP contribution in [-0.4, -0.2) is 37.2 Å². The van der Waals surface area contributed by atoms with Crippen LogP contribution in [0.1, 0.15) is 9.88 Å². The maximum atomic E-state index is 5.91. The van der Waals surface area contributed by atoms with Gasteiger partial charge in [-0.2, -0.15) is 0 Å². The lowest BCUT2D eigenvalue weighted by atomic mass is 10.2. The molecule has 2 heterocycles. The molecule has 6 nitrogen and oxygen atoms in total. The highest BCUT2D eigenvalue weighted by Crippen LogP contribution is 2.30. The van der Waals surface area contributed by atoms with Crippen molar-refractivity contribution in [1.82, 2.24) is 15.6 Å². The van der Waals surface area contributed by atoms with Crippen molar-refractivity contribution in [3.8, 4) is 11.5 Å². The van der Waals surface area contributed by atoms with Crippen LogP contribution in [0.2, 0.25) is 0 Å². The Morgan fingerprint density at radius 3 is 2.91 bits per heavy atom. The van der Waals surface area contributed by atoms with Gasteiger partial charge in [0.15, 0.2) is 17.5 Å². The molecule has 0 fully saturated rings. The van der Waals surface area contributed by atoms with E-state index in [0.717, 1.165) is 22.5 Å². The highest BCUT2D eigenvalue weighted by molar-refractivity contribution is 7.11. The summed E-state index contributed by atoms with van der Waals surface area (Å²) in [5, 5.41) is 7.60. The monoisotopic (exact) mass is 332 g/mol. The van der Waals surface area contributed by atoms with Gasteiger partial charge in [0.2, 0.25) is 0 Å². The zero-order valence-corrected chi connectivity index (χ0v) is 14.0. The first kappa shape index (κ1) is 15.6. The lowest BCUT2D eigenvalue weighted by molar-refractivity contribution is 0.0936. The molecular weight excluding hydrogens is 312 g/mol. The van der Waals surface area contributed by atoms with E-state index in [4.69, 9.17) is 9.47 Å². The lowest BCUT2D eigenvalue weighted by Crippen LogP contribution is -2.45. The predicted molar refractivity (Wildman–Crippen MR) is 91.4 cm³/mol. The number of benzene rings is 1. The highest BCUT2D eigenvalue weighted by atomic mass is 32.1. The molecule has 0 bridgehead atoms. The van der Waals surface area contributed by atoms with Crippen molar-refractivity contribution in [2.45, 2.75) is 19.6 Å². The van der Waals surface area contributed by atoms with Crippen LogP contribution in [0.4, 0.5) is 0 Å². The molecule has 1 atom stereocenters. The van der Waals surface area contributed by atoms with E-state index in [1.165, 1.54) is 4.88 Å². The normalized spacial score (nSPS) is 17.0. The van der Waals surface area contributed by atoms with Gasteiger partial charge < -0.3 is 20.1 Å². The number of aryl methyl sites for hydroxylation is 1. The van der Waals surface area contributed by atoms with E-state index in [1.807, 2.05) is 37.4 Å². The quantitative estimate of drug-likeness (QED) is 0.662. The third-order valence-electron chi connectivity index (χ3n) is 3.39. The van der Waals surface area contributed by atoms with Gasteiger partial charge in [0, 0.05) is 18.1 Å². The largest absolute Gasteiger partial charge is 0.486 e. The van der Waals surface area contributed by atoms with Crippen molar-refractivity contribution in [2.75, 3.05) is 20.2 Å².